The van der Waals surface area contributed by atoms with Gasteiger partial charge in [-0.3, -0.25) is 9.63 Å². The number of carbonyl (C=O) groups excluding carboxylic acids is 1. The van der Waals surface area contributed by atoms with Crippen molar-refractivity contribution in [2.75, 3.05) is 5.06 Å². The molecular formula is C15H15NO2. The average Bonchev–Trinajstić information content (AvgIpc) is 2.42. The zero-order valence-electron chi connectivity index (χ0n) is 10.2. The SMILES string of the molecule is Cc1ccc(N(C=O)OCc2ccccc2)cc1. The molecule has 0 aliphatic rings. The highest BCUT2D eigenvalue weighted by atomic mass is 16.7. The zero-order valence-corrected chi connectivity index (χ0v) is 10.2. The van der Waals surface area contributed by atoms with Crippen molar-refractivity contribution < 1.29 is 9.63 Å². The maximum absolute atomic E-state index is 11.0. The molecule has 0 fully saturated rings. The standard InChI is InChI=1S/C15H15NO2/c1-13-7-9-15(10-8-13)16(12-17)18-11-14-5-3-2-4-6-14/h2-10,12H,11H2,1H3. The first-order valence-corrected chi connectivity index (χ1v) is 5.77. The van der Waals surface area contributed by atoms with Gasteiger partial charge in [0.1, 0.15) is 6.61 Å². The molecule has 0 spiro atoms. The van der Waals surface area contributed by atoms with Crippen LogP contribution in [0.3, 0.4) is 0 Å². The Balaban J connectivity index is 2.02. The van der Waals surface area contributed by atoms with Crippen molar-refractivity contribution in [1.29, 1.82) is 0 Å². The van der Waals surface area contributed by atoms with Crippen LogP contribution in [0.15, 0.2) is 54.6 Å². The van der Waals surface area contributed by atoms with E-state index in [0.29, 0.717) is 13.0 Å². The lowest BCUT2D eigenvalue weighted by Gasteiger charge is -2.17. The minimum absolute atomic E-state index is 0.369. The summed E-state index contributed by atoms with van der Waals surface area (Å²) in [5.41, 5.74) is 2.90. The van der Waals surface area contributed by atoms with E-state index >= 15 is 0 Å². The number of hydroxylamine groups is 1. The van der Waals surface area contributed by atoms with E-state index in [9.17, 15) is 4.79 Å². The molecule has 3 heteroatoms. The first kappa shape index (κ1) is 12.3. The Hall–Kier alpha value is -2.13. The van der Waals surface area contributed by atoms with Gasteiger partial charge in [-0.2, -0.15) is 5.06 Å². The van der Waals surface area contributed by atoms with Crippen LogP contribution in [0.25, 0.3) is 0 Å². The van der Waals surface area contributed by atoms with E-state index in [1.807, 2.05) is 61.5 Å². The number of nitrogens with zero attached hydrogens (tertiary/aromatic N) is 1. The summed E-state index contributed by atoms with van der Waals surface area (Å²) in [6.07, 6.45) is 0.674. The van der Waals surface area contributed by atoms with Gasteiger partial charge in [0.25, 0.3) is 0 Å². The third-order valence-corrected chi connectivity index (χ3v) is 2.60. The molecule has 0 saturated carbocycles. The largest absolute Gasteiger partial charge is 0.276 e. The van der Waals surface area contributed by atoms with Crippen LogP contribution in [0, 0.1) is 6.92 Å². The summed E-state index contributed by atoms with van der Waals surface area (Å²) >= 11 is 0. The molecule has 18 heavy (non-hydrogen) atoms. The van der Waals surface area contributed by atoms with Crippen molar-refractivity contribution in [1.82, 2.24) is 0 Å². The molecule has 2 aromatic carbocycles. The van der Waals surface area contributed by atoms with Crippen molar-refractivity contribution in [2.45, 2.75) is 13.5 Å². The second kappa shape index (κ2) is 5.98. The maximum Gasteiger partial charge on any atom is 0.238 e. The molecule has 0 aliphatic carbocycles. The summed E-state index contributed by atoms with van der Waals surface area (Å²) in [6.45, 7) is 2.37. The second-order valence-corrected chi connectivity index (χ2v) is 4.03. The van der Waals surface area contributed by atoms with Gasteiger partial charge in [-0.05, 0) is 24.6 Å². The lowest BCUT2D eigenvalue weighted by atomic mass is 10.2. The highest BCUT2D eigenvalue weighted by Crippen LogP contribution is 2.15. The second-order valence-electron chi connectivity index (χ2n) is 4.03. The van der Waals surface area contributed by atoms with Crippen LogP contribution in [0.5, 0.6) is 0 Å². The smallest absolute Gasteiger partial charge is 0.238 e. The van der Waals surface area contributed by atoms with E-state index in [-0.39, 0.29) is 0 Å². The van der Waals surface area contributed by atoms with Crippen molar-refractivity contribution in [2.24, 2.45) is 0 Å². The minimum atomic E-state index is 0.369. The van der Waals surface area contributed by atoms with Crippen molar-refractivity contribution in [3.8, 4) is 0 Å². The van der Waals surface area contributed by atoms with E-state index in [1.54, 1.807) is 0 Å². The molecule has 0 bridgehead atoms. The van der Waals surface area contributed by atoms with Gasteiger partial charge in [0, 0.05) is 0 Å². The molecule has 2 aromatic rings. The normalized spacial score (nSPS) is 10.1. The van der Waals surface area contributed by atoms with Crippen molar-refractivity contribution in [3.05, 3.63) is 65.7 Å². The number of aryl methyl sites for hydroxylation is 1. The first-order chi connectivity index (χ1) is 8.79. The predicted molar refractivity (Wildman–Crippen MR) is 71.0 cm³/mol. The quantitative estimate of drug-likeness (QED) is 0.594. The number of hydrogen-bond acceptors (Lipinski definition) is 2. The summed E-state index contributed by atoms with van der Waals surface area (Å²) < 4.78 is 0. The average molecular weight is 241 g/mol. The summed E-state index contributed by atoms with van der Waals surface area (Å²) in [4.78, 5) is 16.5. The highest BCUT2D eigenvalue weighted by Gasteiger charge is 2.05. The highest BCUT2D eigenvalue weighted by molar-refractivity contribution is 5.72. The van der Waals surface area contributed by atoms with Gasteiger partial charge in [0.2, 0.25) is 6.41 Å². The van der Waals surface area contributed by atoms with Gasteiger partial charge in [0.15, 0.2) is 0 Å². The molecular weight excluding hydrogens is 226 g/mol. The Labute approximate surface area is 107 Å². The molecule has 0 radical (unpaired) electrons. The third kappa shape index (κ3) is 3.18. The van der Waals surface area contributed by atoms with Gasteiger partial charge >= 0.3 is 0 Å². The van der Waals surface area contributed by atoms with Gasteiger partial charge in [-0.25, -0.2) is 0 Å². The number of amides is 1. The van der Waals surface area contributed by atoms with Crippen LogP contribution in [0.1, 0.15) is 11.1 Å². The summed E-state index contributed by atoms with van der Waals surface area (Å²) in [5.74, 6) is 0. The van der Waals surface area contributed by atoms with Crippen LogP contribution in [-0.2, 0) is 16.2 Å². The molecule has 3 nitrogen and oxygen atoms in total. The number of benzene rings is 2. The number of anilines is 1. The topological polar surface area (TPSA) is 29.5 Å². The first-order valence-electron chi connectivity index (χ1n) is 5.77. The van der Waals surface area contributed by atoms with Gasteiger partial charge < -0.3 is 0 Å². The van der Waals surface area contributed by atoms with Gasteiger partial charge in [-0.1, -0.05) is 48.0 Å². The monoisotopic (exact) mass is 241 g/mol. The molecule has 0 aliphatic heterocycles. The summed E-state index contributed by atoms with van der Waals surface area (Å²) in [6, 6.07) is 17.3. The van der Waals surface area contributed by atoms with Crippen molar-refractivity contribution in [3.63, 3.8) is 0 Å². The lowest BCUT2D eigenvalue weighted by Crippen LogP contribution is -2.21. The van der Waals surface area contributed by atoms with E-state index in [4.69, 9.17) is 4.84 Å². The molecule has 2 rings (SSSR count). The van der Waals surface area contributed by atoms with Crippen LogP contribution in [0.2, 0.25) is 0 Å². The molecule has 0 N–H and O–H groups in total. The Morgan fingerprint density at radius 2 is 1.72 bits per heavy atom. The fourth-order valence-electron chi connectivity index (χ4n) is 1.58. The van der Waals surface area contributed by atoms with E-state index in [0.717, 1.165) is 16.8 Å². The van der Waals surface area contributed by atoms with Gasteiger partial charge in [0.05, 0.1) is 5.69 Å². The Morgan fingerprint density at radius 1 is 1.06 bits per heavy atom. The molecule has 0 unspecified atom stereocenters. The maximum atomic E-state index is 11.0. The van der Waals surface area contributed by atoms with Crippen LogP contribution in [-0.4, -0.2) is 6.41 Å². The van der Waals surface area contributed by atoms with Gasteiger partial charge in [-0.15, -0.1) is 0 Å². The zero-order chi connectivity index (χ0) is 12.8. The number of carbonyl (C=O) groups is 1. The van der Waals surface area contributed by atoms with E-state index < -0.39 is 0 Å². The van der Waals surface area contributed by atoms with Crippen molar-refractivity contribution >= 4 is 12.1 Å². The van der Waals surface area contributed by atoms with E-state index in [2.05, 4.69) is 0 Å². The fraction of sp³-hybridized carbons (Fsp3) is 0.133. The summed E-state index contributed by atoms with van der Waals surface area (Å²) in [7, 11) is 0. The Bertz CT molecular complexity index is 494. The number of rotatable bonds is 5. The summed E-state index contributed by atoms with van der Waals surface area (Å²) in [5, 5.41) is 1.24. The molecule has 92 valence electrons. The van der Waals surface area contributed by atoms with Crippen LogP contribution < -0.4 is 5.06 Å². The Kier molecular flexibility index (Phi) is 4.10. The van der Waals surface area contributed by atoms with Crippen LogP contribution in [0.4, 0.5) is 5.69 Å². The molecule has 1 amide bonds. The third-order valence-electron chi connectivity index (χ3n) is 2.60. The Morgan fingerprint density at radius 3 is 2.33 bits per heavy atom. The molecule has 0 heterocycles. The predicted octanol–water partition coefficient (Wildman–Crippen LogP) is 3.09. The van der Waals surface area contributed by atoms with E-state index in [1.165, 1.54) is 5.06 Å². The van der Waals surface area contributed by atoms with Crippen LogP contribution >= 0.6 is 0 Å². The fourth-order valence-corrected chi connectivity index (χ4v) is 1.58. The molecule has 0 aromatic heterocycles. The molecule has 0 saturated heterocycles. The molecule has 0 atom stereocenters. The minimum Gasteiger partial charge on any atom is -0.276 e. The number of hydrogen-bond donors (Lipinski definition) is 0. The lowest BCUT2D eigenvalue weighted by molar-refractivity contribution is -0.114.